The first-order chi connectivity index (χ1) is 7.93. The highest BCUT2D eigenvalue weighted by Crippen LogP contribution is 2.38. The van der Waals surface area contributed by atoms with Crippen LogP contribution in [-0.4, -0.2) is 32.0 Å². The van der Waals surface area contributed by atoms with Gasteiger partial charge >= 0.3 is 0 Å². The Morgan fingerprint density at radius 1 is 1.28 bits per heavy atom. The molecule has 18 heavy (non-hydrogen) atoms. The van der Waals surface area contributed by atoms with E-state index in [0.29, 0.717) is 23.9 Å². The van der Waals surface area contributed by atoms with E-state index in [1.54, 1.807) is 13.8 Å². The van der Waals surface area contributed by atoms with Crippen LogP contribution in [0.3, 0.4) is 0 Å². The van der Waals surface area contributed by atoms with Gasteiger partial charge in [0.2, 0.25) is 0 Å². The van der Waals surface area contributed by atoms with Crippen molar-refractivity contribution in [2.75, 3.05) is 12.8 Å². The van der Waals surface area contributed by atoms with Gasteiger partial charge in [-0.15, -0.1) is 0 Å². The van der Waals surface area contributed by atoms with Gasteiger partial charge in [-0.3, -0.25) is 0 Å². The van der Waals surface area contributed by atoms with Crippen LogP contribution in [0, 0.1) is 11.3 Å². The van der Waals surface area contributed by atoms with Crippen molar-refractivity contribution in [2.45, 2.75) is 64.7 Å². The summed E-state index contributed by atoms with van der Waals surface area (Å²) < 4.78 is 22.7. The van der Waals surface area contributed by atoms with E-state index in [1.165, 1.54) is 12.7 Å². The van der Waals surface area contributed by atoms with Crippen LogP contribution in [0.4, 0.5) is 0 Å². The molecule has 1 rings (SSSR count). The zero-order chi connectivity index (χ0) is 14.2. The SMILES string of the molecule is CC1CC(NCC(C)(C)S(C)(=O)=O)CC(C)(C)C1. The van der Waals surface area contributed by atoms with Crippen molar-refractivity contribution in [3.05, 3.63) is 0 Å². The van der Waals surface area contributed by atoms with Crippen LogP contribution < -0.4 is 5.32 Å². The van der Waals surface area contributed by atoms with Crippen LogP contribution in [-0.2, 0) is 9.84 Å². The molecule has 1 aliphatic rings. The maximum atomic E-state index is 11.7. The molecule has 0 aromatic carbocycles. The molecule has 108 valence electrons. The van der Waals surface area contributed by atoms with Crippen LogP contribution in [0.2, 0.25) is 0 Å². The molecule has 4 heteroatoms. The number of nitrogens with one attached hydrogen (secondary N) is 1. The molecule has 0 aliphatic heterocycles. The summed E-state index contributed by atoms with van der Waals surface area (Å²) in [7, 11) is -3.01. The second-order valence-corrected chi connectivity index (χ2v) is 10.2. The molecule has 1 aliphatic carbocycles. The minimum absolute atomic E-state index is 0.366. The molecule has 1 N–H and O–H groups in total. The van der Waals surface area contributed by atoms with Crippen LogP contribution in [0.1, 0.15) is 53.9 Å². The van der Waals surface area contributed by atoms with Crippen molar-refractivity contribution in [3.8, 4) is 0 Å². The molecule has 0 bridgehead atoms. The normalized spacial score (nSPS) is 29.2. The largest absolute Gasteiger partial charge is 0.312 e. The minimum Gasteiger partial charge on any atom is -0.312 e. The van der Waals surface area contributed by atoms with E-state index in [0.717, 1.165) is 12.8 Å². The highest BCUT2D eigenvalue weighted by atomic mass is 32.2. The molecule has 2 unspecified atom stereocenters. The molecule has 0 aromatic heterocycles. The number of hydrogen-bond acceptors (Lipinski definition) is 3. The molecule has 1 fully saturated rings. The third kappa shape index (κ3) is 4.23. The van der Waals surface area contributed by atoms with Crippen molar-refractivity contribution in [1.82, 2.24) is 5.32 Å². The van der Waals surface area contributed by atoms with Gasteiger partial charge in [0, 0.05) is 18.8 Å². The second-order valence-electron chi connectivity index (χ2n) is 7.52. The Hall–Kier alpha value is -0.0900. The van der Waals surface area contributed by atoms with Gasteiger partial charge in [-0.1, -0.05) is 20.8 Å². The van der Waals surface area contributed by atoms with Crippen molar-refractivity contribution in [3.63, 3.8) is 0 Å². The predicted octanol–water partition coefficient (Wildman–Crippen LogP) is 2.61. The van der Waals surface area contributed by atoms with Gasteiger partial charge in [-0.2, -0.15) is 0 Å². The average molecular weight is 275 g/mol. The molecule has 0 radical (unpaired) electrons. The fourth-order valence-electron chi connectivity index (χ4n) is 3.02. The molecule has 0 saturated heterocycles. The van der Waals surface area contributed by atoms with E-state index >= 15 is 0 Å². The van der Waals surface area contributed by atoms with Gasteiger partial charge in [0.1, 0.15) is 0 Å². The Balaban J connectivity index is 2.59. The quantitative estimate of drug-likeness (QED) is 0.858. The summed E-state index contributed by atoms with van der Waals surface area (Å²) >= 11 is 0. The Morgan fingerprint density at radius 2 is 1.83 bits per heavy atom. The molecule has 1 saturated carbocycles. The maximum Gasteiger partial charge on any atom is 0.153 e. The zero-order valence-electron chi connectivity index (χ0n) is 12.7. The second kappa shape index (κ2) is 5.12. The van der Waals surface area contributed by atoms with Crippen molar-refractivity contribution in [1.29, 1.82) is 0 Å². The lowest BCUT2D eigenvalue weighted by molar-refractivity contribution is 0.150. The van der Waals surface area contributed by atoms with E-state index in [-0.39, 0.29) is 0 Å². The van der Waals surface area contributed by atoms with E-state index in [1.807, 2.05) is 0 Å². The Bertz CT molecular complexity index is 385. The summed E-state index contributed by atoms with van der Waals surface area (Å²) in [5.74, 6) is 0.715. The van der Waals surface area contributed by atoms with Gasteiger partial charge in [0.25, 0.3) is 0 Å². The van der Waals surface area contributed by atoms with Crippen LogP contribution in [0.15, 0.2) is 0 Å². The van der Waals surface area contributed by atoms with Gasteiger partial charge in [-0.05, 0) is 44.4 Å². The van der Waals surface area contributed by atoms with E-state index in [4.69, 9.17) is 0 Å². The van der Waals surface area contributed by atoms with Crippen molar-refractivity contribution < 1.29 is 8.42 Å². The van der Waals surface area contributed by atoms with E-state index in [2.05, 4.69) is 26.1 Å². The van der Waals surface area contributed by atoms with Crippen molar-refractivity contribution in [2.24, 2.45) is 11.3 Å². The standard InChI is InChI=1S/C14H29NO2S/c1-11-7-12(9-13(2,3)8-11)15-10-14(4,5)18(6,16)17/h11-12,15H,7-10H2,1-6H3. The fourth-order valence-corrected chi connectivity index (χ4v) is 3.37. The Kier molecular flexibility index (Phi) is 4.54. The third-order valence-electron chi connectivity index (χ3n) is 4.21. The van der Waals surface area contributed by atoms with Gasteiger partial charge in [0.05, 0.1) is 4.75 Å². The van der Waals surface area contributed by atoms with Crippen LogP contribution >= 0.6 is 0 Å². The molecule has 0 spiro atoms. The first-order valence-electron chi connectivity index (χ1n) is 6.86. The number of hydrogen-bond donors (Lipinski definition) is 1. The van der Waals surface area contributed by atoms with Gasteiger partial charge in [-0.25, -0.2) is 8.42 Å². The molecular formula is C14H29NO2S. The van der Waals surface area contributed by atoms with E-state index < -0.39 is 14.6 Å². The molecule has 0 amide bonds. The summed E-state index contributed by atoms with van der Waals surface area (Å²) in [6, 6.07) is 0.449. The third-order valence-corrected chi connectivity index (χ3v) is 6.36. The highest BCUT2D eigenvalue weighted by Gasteiger charge is 2.35. The Morgan fingerprint density at radius 3 is 2.28 bits per heavy atom. The molecular weight excluding hydrogens is 246 g/mol. The maximum absolute atomic E-state index is 11.7. The van der Waals surface area contributed by atoms with Crippen LogP contribution in [0.25, 0.3) is 0 Å². The van der Waals surface area contributed by atoms with Crippen LogP contribution in [0.5, 0.6) is 0 Å². The highest BCUT2D eigenvalue weighted by molar-refractivity contribution is 7.92. The summed E-state index contributed by atoms with van der Waals surface area (Å²) in [5.41, 5.74) is 0.366. The molecule has 0 aromatic rings. The monoisotopic (exact) mass is 275 g/mol. The first kappa shape index (κ1) is 16.0. The topological polar surface area (TPSA) is 46.2 Å². The molecule has 0 heterocycles. The van der Waals surface area contributed by atoms with Crippen molar-refractivity contribution >= 4 is 9.84 Å². The van der Waals surface area contributed by atoms with Gasteiger partial charge in [0.15, 0.2) is 9.84 Å². The summed E-state index contributed by atoms with van der Waals surface area (Å²) in [5, 5.41) is 3.48. The number of rotatable bonds is 4. The molecule has 3 nitrogen and oxygen atoms in total. The predicted molar refractivity (Wildman–Crippen MR) is 77.5 cm³/mol. The van der Waals surface area contributed by atoms with Gasteiger partial charge < -0.3 is 5.32 Å². The fraction of sp³-hybridized carbons (Fsp3) is 1.00. The summed E-state index contributed by atoms with van der Waals surface area (Å²) in [4.78, 5) is 0. The first-order valence-corrected chi connectivity index (χ1v) is 8.75. The smallest absolute Gasteiger partial charge is 0.153 e. The summed E-state index contributed by atoms with van der Waals surface area (Å²) in [6.45, 7) is 11.0. The zero-order valence-corrected chi connectivity index (χ0v) is 13.5. The average Bonchev–Trinajstić information content (AvgIpc) is 2.09. The lowest BCUT2D eigenvalue weighted by atomic mass is 9.70. The molecule has 2 atom stereocenters. The minimum atomic E-state index is -3.01. The summed E-state index contributed by atoms with van der Waals surface area (Å²) in [6.07, 6.45) is 4.88. The number of sulfone groups is 1. The lowest BCUT2D eigenvalue weighted by Gasteiger charge is -2.40. The lowest BCUT2D eigenvalue weighted by Crippen LogP contribution is -2.48. The van der Waals surface area contributed by atoms with E-state index in [9.17, 15) is 8.42 Å². The Labute approximate surface area is 113 Å².